The van der Waals surface area contributed by atoms with E-state index in [0.717, 1.165) is 37.7 Å². The van der Waals surface area contributed by atoms with Gasteiger partial charge in [-0.15, -0.1) is 11.3 Å². The molecule has 8 heteroatoms. The van der Waals surface area contributed by atoms with E-state index in [0.29, 0.717) is 5.78 Å². The van der Waals surface area contributed by atoms with Gasteiger partial charge in [0.25, 0.3) is 0 Å². The van der Waals surface area contributed by atoms with Crippen LogP contribution in [-0.2, 0) is 0 Å². The number of imidazole rings is 2. The minimum Gasteiger partial charge on any atom is -0.290 e. The molecule has 0 aliphatic heterocycles. The fourth-order valence-corrected chi connectivity index (χ4v) is 4.07. The summed E-state index contributed by atoms with van der Waals surface area (Å²) in [6, 6.07) is 8.00. The Hall–Kier alpha value is -3.65. The van der Waals surface area contributed by atoms with Gasteiger partial charge in [0.1, 0.15) is 22.5 Å². The summed E-state index contributed by atoms with van der Waals surface area (Å²) >= 11 is 1.63. The molecule has 0 unspecified atom stereocenters. The number of hydrogen-bond acceptors (Lipinski definition) is 6. The Morgan fingerprint density at radius 1 is 0.889 bits per heavy atom. The van der Waals surface area contributed by atoms with Crippen LogP contribution < -0.4 is 0 Å². The summed E-state index contributed by atoms with van der Waals surface area (Å²) in [6.45, 7) is 0. The van der Waals surface area contributed by atoms with E-state index in [1.165, 1.54) is 0 Å². The van der Waals surface area contributed by atoms with Crippen molar-refractivity contribution in [2.75, 3.05) is 0 Å². The second kappa shape index (κ2) is 5.42. The lowest BCUT2D eigenvalue weighted by atomic mass is 10.3. The topological polar surface area (TPSA) is 73.3 Å². The summed E-state index contributed by atoms with van der Waals surface area (Å²) in [4.78, 5) is 24.4. The Morgan fingerprint density at radius 2 is 1.85 bits per heavy atom. The van der Waals surface area contributed by atoms with Gasteiger partial charge in [0, 0.05) is 48.1 Å². The summed E-state index contributed by atoms with van der Waals surface area (Å²) in [6.07, 6.45) is 13.0. The van der Waals surface area contributed by atoms with Crippen LogP contribution in [0.2, 0.25) is 0 Å². The van der Waals surface area contributed by atoms with E-state index in [1.807, 2.05) is 45.7 Å². The number of thiophene rings is 1. The van der Waals surface area contributed by atoms with Crippen molar-refractivity contribution in [3.8, 4) is 21.8 Å². The number of hydrogen-bond donors (Lipinski definition) is 0. The van der Waals surface area contributed by atoms with E-state index >= 15 is 0 Å². The second-order valence-electron chi connectivity index (χ2n) is 6.16. The number of aromatic nitrogens is 7. The van der Waals surface area contributed by atoms with Gasteiger partial charge in [-0.3, -0.25) is 8.80 Å². The summed E-state index contributed by atoms with van der Waals surface area (Å²) < 4.78 is 3.83. The first-order valence-corrected chi connectivity index (χ1v) is 9.14. The minimum absolute atomic E-state index is 0.657. The summed E-state index contributed by atoms with van der Waals surface area (Å²) in [7, 11) is 0. The van der Waals surface area contributed by atoms with Gasteiger partial charge < -0.3 is 0 Å². The molecule has 6 aromatic rings. The van der Waals surface area contributed by atoms with Crippen molar-refractivity contribution < 1.29 is 0 Å². The molecule has 0 spiro atoms. The van der Waals surface area contributed by atoms with Gasteiger partial charge in [0.15, 0.2) is 0 Å². The molecule has 0 amide bonds. The van der Waals surface area contributed by atoms with Crippen molar-refractivity contribution in [3.63, 3.8) is 0 Å². The molecule has 0 fully saturated rings. The van der Waals surface area contributed by atoms with Crippen LogP contribution in [0, 0.1) is 0 Å². The zero-order valence-corrected chi connectivity index (χ0v) is 14.7. The lowest BCUT2D eigenvalue weighted by molar-refractivity contribution is 1.09. The van der Waals surface area contributed by atoms with Crippen molar-refractivity contribution in [2.24, 2.45) is 0 Å². The largest absolute Gasteiger partial charge is 0.290 e. The SMILES string of the molecule is c1cnc2sc(-c3cn4cc(-c5cn6cnccc6n5)cnc4n3)cc2c1. The molecule has 0 saturated heterocycles. The fraction of sp³-hybridized carbons (Fsp3) is 0. The quantitative estimate of drug-likeness (QED) is 0.465. The fourth-order valence-electron chi connectivity index (χ4n) is 3.12. The van der Waals surface area contributed by atoms with Crippen molar-refractivity contribution >= 4 is 33.0 Å². The molecule has 0 aliphatic carbocycles. The predicted molar refractivity (Wildman–Crippen MR) is 104 cm³/mol. The molecule has 27 heavy (non-hydrogen) atoms. The lowest BCUT2D eigenvalue weighted by Gasteiger charge is -1.96. The van der Waals surface area contributed by atoms with Gasteiger partial charge in [0.2, 0.25) is 5.78 Å². The highest BCUT2D eigenvalue weighted by atomic mass is 32.1. The molecule has 0 aliphatic rings. The van der Waals surface area contributed by atoms with E-state index < -0.39 is 0 Å². The smallest absolute Gasteiger partial charge is 0.234 e. The van der Waals surface area contributed by atoms with E-state index in [1.54, 1.807) is 30.1 Å². The first kappa shape index (κ1) is 14.5. The molecule has 6 heterocycles. The van der Waals surface area contributed by atoms with Crippen LogP contribution in [0.25, 0.3) is 43.5 Å². The van der Waals surface area contributed by atoms with Gasteiger partial charge in [-0.2, -0.15) is 0 Å². The van der Waals surface area contributed by atoms with Crippen molar-refractivity contribution in [3.05, 3.63) is 67.8 Å². The van der Waals surface area contributed by atoms with Crippen molar-refractivity contribution in [1.82, 2.24) is 33.7 Å². The first-order valence-electron chi connectivity index (χ1n) is 8.32. The summed E-state index contributed by atoms with van der Waals surface area (Å²) in [5, 5.41) is 1.13. The third-order valence-corrected chi connectivity index (χ3v) is 5.50. The molecule has 6 aromatic heterocycles. The highest BCUT2D eigenvalue weighted by molar-refractivity contribution is 7.21. The number of nitrogens with zero attached hydrogens (tertiary/aromatic N) is 7. The normalized spacial score (nSPS) is 11.7. The highest BCUT2D eigenvalue weighted by Gasteiger charge is 2.11. The van der Waals surface area contributed by atoms with Gasteiger partial charge in [-0.1, -0.05) is 6.07 Å². The summed E-state index contributed by atoms with van der Waals surface area (Å²) in [5.74, 6) is 0.657. The van der Waals surface area contributed by atoms with Crippen LogP contribution in [0.5, 0.6) is 0 Å². The Balaban J connectivity index is 1.46. The van der Waals surface area contributed by atoms with Gasteiger partial charge in [0.05, 0.1) is 10.6 Å². The third kappa shape index (κ3) is 2.31. The molecule has 128 valence electrons. The van der Waals surface area contributed by atoms with E-state index in [9.17, 15) is 0 Å². The molecular weight excluding hydrogens is 358 g/mol. The molecule has 0 bridgehead atoms. The van der Waals surface area contributed by atoms with E-state index in [2.05, 4.69) is 37.1 Å². The molecule has 0 saturated carbocycles. The van der Waals surface area contributed by atoms with E-state index in [4.69, 9.17) is 0 Å². The van der Waals surface area contributed by atoms with Gasteiger partial charge in [-0.05, 0) is 18.2 Å². The third-order valence-electron chi connectivity index (χ3n) is 4.41. The molecule has 0 N–H and O–H groups in total. The van der Waals surface area contributed by atoms with Crippen LogP contribution in [0.15, 0.2) is 67.8 Å². The van der Waals surface area contributed by atoms with Crippen LogP contribution in [-0.4, -0.2) is 33.7 Å². The average molecular weight is 369 g/mol. The monoisotopic (exact) mass is 369 g/mol. The van der Waals surface area contributed by atoms with Crippen LogP contribution in [0.4, 0.5) is 0 Å². The molecule has 0 atom stereocenters. The Morgan fingerprint density at radius 3 is 2.78 bits per heavy atom. The van der Waals surface area contributed by atoms with E-state index in [-0.39, 0.29) is 0 Å². The maximum absolute atomic E-state index is 4.65. The van der Waals surface area contributed by atoms with Crippen LogP contribution in [0.1, 0.15) is 0 Å². The maximum Gasteiger partial charge on any atom is 0.234 e. The lowest BCUT2D eigenvalue weighted by Crippen LogP contribution is -1.89. The van der Waals surface area contributed by atoms with Crippen molar-refractivity contribution in [2.45, 2.75) is 0 Å². The summed E-state index contributed by atoms with van der Waals surface area (Å²) in [5.41, 5.74) is 3.51. The number of fused-ring (bicyclic) bond motifs is 3. The molecule has 0 radical (unpaired) electrons. The maximum atomic E-state index is 4.65. The van der Waals surface area contributed by atoms with Crippen LogP contribution >= 0.6 is 11.3 Å². The minimum atomic E-state index is 0.657. The Bertz CT molecular complexity index is 1300. The molecule has 7 nitrogen and oxygen atoms in total. The van der Waals surface area contributed by atoms with Gasteiger partial charge in [-0.25, -0.2) is 24.9 Å². The molecule has 0 aromatic carbocycles. The average Bonchev–Trinajstić information content (AvgIpc) is 3.41. The number of rotatable bonds is 2. The zero-order chi connectivity index (χ0) is 17.8. The zero-order valence-electron chi connectivity index (χ0n) is 13.9. The Kier molecular flexibility index (Phi) is 2.91. The first-order chi connectivity index (χ1) is 13.3. The second-order valence-corrected chi connectivity index (χ2v) is 7.19. The molecule has 6 rings (SSSR count). The highest BCUT2D eigenvalue weighted by Crippen LogP contribution is 2.31. The Labute approximate surface area is 156 Å². The van der Waals surface area contributed by atoms with Crippen molar-refractivity contribution in [1.29, 1.82) is 0 Å². The van der Waals surface area contributed by atoms with Crippen LogP contribution in [0.3, 0.4) is 0 Å². The molecular formula is C19H11N7S. The number of pyridine rings is 1. The predicted octanol–water partition coefficient (Wildman–Crippen LogP) is 3.72. The standard InChI is InChI=1S/C19H11N7S/c1-2-12-6-16(27-18(12)21-4-1)15-10-25-8-13(7-22-19(25)24-15)14-9-26-11-20-5-3-17(26)23-14/h1-11H. The van der Waals surface area contributed by atoms with Gasteiger partial charge >= 0.3 is 0 Å².